The summed E-state index contributed by atoms with van der Waals surface area (Å²) in [4.78, 5) is 39.4. The van der Waals surface area contributed by atoms with E-state index in [0.29, 0.717) is 35.3 Å². The Balaban J connectivity index is 0.000000172. The summed E-state index contributed by atoms with van der Waals surface area (Å²) in [6, 6.07) is 5.24. The highest BCUT2D eigenvalue weighted by atomic mass is 16.2. The van der Waals surface area contributed by atoms with Gasteiger partial charge in [-0.3, -0.25) is 19.7 Å². The van der Waals surface area contributed by atoms with E-state index in [-0.39, 0.29) is 23.3 Å². The van der Waals surface area contributed by atoms with E-state index >= 15 is 0 Å². The van der Waals surface area contributed by atoms with Gasteiger partial charge in [-0.15, -0.1) is 0 Å². The van der Waals surface area contributed by atoms with Crippen molar-refractivity contribution in [2.75, 3.05) is 5.73 Å². The smallest absolute Gasteiger partial charge is 0.260 e. The molecule has 0 saturated carbocycles. The maximum atomic E-state index is 11.4. The van der Waals surface area contributed by atoms with Crippen LogP contribution in [0.2, 0.25) is 0 Å². The third kappa shape index (κ3) is 3.49. The van der Waals surface area contributed by atoms with Crippen LogP contribution in [0.25, 0.3) is 10.9 Å². The summed E-state index contributed by atoms with van der Waals surface area (Å²) in [5.74, 6) is 0.343. The van der Waals surface area contributed by atoms with Crippen LogP contribution in [0.3, 0.4) is 0 Å². The van der Waals surface area contributed by atoms with E-state index in [0.717, 1.165) is 0 Å². The number of hydrogen-bond donors (Lipinski definition) is 3. The Kier molecular flexibility index (Phi) is 4.55. The number of rotatable bonds is 0. The quantitative estimate of drug-likeness (QED) is 0.493. The molecule has 4 N–H and O–H groups in total. The number of carbonyl (C=O) groups is 2. The normalized spacial score (nSPS) is 17.6. The number of nitrogens with zero attached hydrogens (tertiary/aromatic N) is 1. The number of carbonyl (C=O) groups excluding carboxylic acids is 2. The number of piperidine rings is 1. The molecule has 2 amide bonds. The Morgan fingerprint density at radius 1 is 1.27 bits per heavy atom. The molecule has 1 aliphatic heterocycles. The van der Waals surface area contributed by atoms with Crippen molar-refractivity contribution in [2.24, 2.45) is 5.92 Å². The third-order valence-corrected chi connectivity index (χ3v) is 3.40. The van der Waals surface area contributed by atoms with Crippen molar-refractivity contribution in [1.82, 2.24) is 15.3 Å². The number of amides is 2. The summed E-state index contributed by atoms with van der Waals surface area (Å²) in [6.45, 7) is 3.56. The van der Waals surface area contributed by atoms with Crippen LogP contribution in [0, 0.1) is 12.8 Å². The molecule has 1 fully saturated rings. The number of imide groups is 1. The third-order valence-electron chi connectivity index (χ3n) is 3.40. The summed E-state index contributed by atoms with van der Waals surface area (Å²) in [5.41, 5.74) is 6.57. The number of nitrogen functional groups attached to an aromatic ring is 1. The van der Waals surface area contributed by atoms with Gasteiger partial charge in [0, 0.05) is 18.0 Å². The van der Waals surface area contributed by atoms with Gasteiger partial charge in [0.05, 0.1) is 10.9 Å². The van der Waals surface area contributed by atoms with E-state index in [1.54, 1.807) is 25.1 Å². The average Bonchev–Trinajstić information content (AvgIpc) is 2.43. The monoisotopic (exact) mass is 302 g/mol. The zero-order valence-electron chi connectivity index (χ0n) is 12.5. The van der Waals surface area contributed by atoms with Crippen molar-refractivity contribution in [1.29, 1.82) is 0 Å². The van der Waals surface area contributed by atoms with E-state index in [1.165, 1.54) is 0 Å². The molecular formula is C15H18N4O3. The highest BCUT2D eigenvalue weighted by Gasteiger charge is 2.21. The lowest BCUT2D eigenvalue weighted by atomic mass is 10.0. The van der Waals surface area contributed by atoms with Crippen molar-refractivity contribution in [3.8, 4) is 0 Å². The summed E-state index contributed by atoms with van der Waals surface area (Å²) in [6.07, 6.45) is 1.19. The van der Waals surface area contributed by atoms with Gasteiger partial charge in [-0.1, -0.05) is 13.0 Å². The van der Waals surface area contributed by atoms with Crippen LogP contribution in [0.5, 0.6) is 0 Å². The predicted octanol–water partition coefficient (Wildman–Crippen LogP) is 0.873. The lowest BCUT2D eigenvalue weighted by Crippen LogP contribution is -2.39. The first kappa shape index (κ1) is 15.7. The molecule has 0 aliphatic carbocycles. The molecule has 0 bridgehead atoms. The molecule has 0 radical (unpaired) electrons. The molecule has 22 heavy (non-hydrogen) atoms. The van der Waals surface area contributed by atoms with E-state index < -0.39 is 0 Å². The zero-order chi connectivity index (χ0) is 16.3. The molecule has 1 saturated heterocycles. The number of benzene rings is 1. The van der Waals surface area contributed by atoms with Gasteiger partial charge in [0.15, 0.2) is 0 Å². The van der Waals surface area contributed by atoms with E-state index in [1.807, 2.05) is 6.92 Å². The minimum atomic E-state index is -0.180. The summed E-state index contributed by atoms with van der Waals surface area (Å²) >= 11 is 0. The number of nitrogens with two attached hydrogens (primary N) is 1. The minimum Gasteiger partial charge on any atom is -0.398 e. The van der Waals surface area contributed by atoms with E-state index in [4.69, 9.17) is 5.73 Å². The van der Waals surface area contributed by atoms with Crippen LogP contribution in [0.4, 0.5) is 5.69 Å². The maximum absolute atomic E-state index is 11.4. The van der Waals surface area contributed by atoms with Crippen molar-refractivity contribution >= 4 is 28.4 Å². The van der Waals surface area contributed by atoms with Gasteiger partial charge in [-0.2, -0.15) is 0 Å². The van der Waals surface area contributed by atoms with Crippen LogP contribution in [0.1, 0.15) is 25.6 Å². The topological polar surface area (TPSA) is 118 Å². The van der Waals surface area contributed by atoms with Gasteiger partial charge in [0.1, 0.15) is 5.82 Å². The Labute approximate surface area is 126 Å². The number of hydrogen-bond acceptors (Lipinski definition) is 5. The molecule has 1 aromatic heterocycles. The Hall–Kier alpha value is -2.70. The number of aromatic nitrogens is 2. The Morgan fingerprint density at radius 2 is 2.00 bits per heavy atom. The molecule has 1 unspecified atom stereocenters. The molecule has 2 aromatic rings. The second-order valence-electron chi connectivity index (χ2n) is 5.24. The number of H-pyrrole nitrogens is 1. The fourth-order valence-electron chi connectivity index (χ4n) is 2.14. The number of anilines is 1. The van der Waals surface area contributed by atoms with Crippen LogP contribution >= 0.6 is 0 Å². The predicted molar refractivity (Wildman–Crippen MR) is 83.1 cm³/mol. The molecule has 7 nitrogen and oxygen atoms in total. The number of fused-ring (bicyclic) bond motifs is 1. The van der Waals surface area contributed by atoms with Gasteiger partial charge in [-0.25, -0.2) is 4.98 Å². The molecule has 1 aromatic carbocycles. The molecule has 7 heteroatoms. The van der Waals surface area contributed by atoms with Crippen LogP contribution < -0.4 is 16.6 Å². The standard InChI is InChI=1S/C9H9N3O.C6H9NO2/c1-5-11-7-4-2-3-6(10)8(7)9(13)12-5;1-4-2-3-5(8)7-6(4)9/h2-4H,10H2,1H3,(H,11,12,13);4H,2-3H2,1H3,(H,7,8,9). The van der Waals surface area contributed by atoms with Crippen LogP contribution in [-0.4, -0.2) is 21.8 Å². The van der Waals surface area contributed by atoms with Crippen molar-refractivity contribution in [3.63, 3.8) is 0 Å². The van der Waals surface area contributed by atoms with Gasteiger partial charge in [-0.05, 0) is 25.5 Å². The highest BCUT2D eigenvalue weighted by molar-refractivity contribution is 5.98. The van der Waals surface area contributed by atoms with Gasteiger partial charge in [0.25, 0.3) is 5.56 Å². The maximum Gasteiger partial charge on any atom is 0.260 e. The van der Waals surface area contributed by atoms with Crippen LogP contribution in [0.15, 0.2) is 23.0 Å². The second-order valence-corrected chi connectivity index (χ2v) is 5.24. The molecule has 3 rings (SSSR count). The van der Waals surface area contributed by atoms with Crippen molar-refractivity contribution in [2.45, 2.75) is 26.7 Å². The number of aryl methyl sites for hydroxylation is 1. The minimum absolute atomic E-state index is 0.0164. The van der Waals surface area contributed by atoms with E-state index in [2.05, 4.69) is 15.3 Å². The molecule has 0 spiro atoms. The van der Waals surface area contributed by atoms with Gasteiger partial charge < -0.3 is 10.7 Å². The first-order valence-corrected chi connectivity index (χ1v) is 6.97. The SMILES string of the molecule is CC1CCC(=O)NC1=O.Cc1nc2cccc(N)c2c(=O)[nH]1. The lowest BCUT2D eigenvalue weighted by molar-refractivity contribution is -0.135. The highest BCUT2D eigenvalue weighted by Crippen LogP contribution is 2.13. The molecule has 1 atom stereocenters. The largest absolute Gasteiger partial charge is 0.398 e. The molecule has 2 heterocycles. The molecular weight excluding hydrogens is 284 g/mol. The Bertz CT molecular complexity index is 782. The lowest BCUT2D eigenvalue weighted by Gasteiger charge is -2.15. The first-order valence-electron chi connectivity index (χ1n) is 6.97. The van der Waals surface area contributed by atoms with E-state index in [9.17, 15) is 14.4 Å². The van der Waals surface area contributed by atoms with Crippen molar-refractivity contribution in [3.05, 3.63) is 34.4 Å². The van der Waals surface area contributed by atoms with Gasteiger partial charge in [0.2, 0.25) is 11.8 Å². The number of aromatic amines is 1. The molecule has 1 aliphatic rings. The van der Waals surface area contributed by atoms with Crippen molar-refractivity contribution < 1.29 is 9.59 Å². The van der Waals surface area contributed by atoms with Gasteiger partial charge >= 0.3 is 0 Å². The fraction of sp³-hybridized carbons (Fsp3) is 0.333. The first-order chi connectivity index (χ1) is 10.4. The number of nitrogens with one attached hydrogen (secondary N) is 2. The molecule has 116 valence electrons. The second kappa shape index (κ2) is 6.38. The summed E-state index contributed by atoms with van der Waals surface area (Å²) < 4.78 is 0. The Morgan fingerprint density at radius 3 is 2.64 bits per heavy atom. The average molecular weight is 302 g/mol. The van der Waals surface area contributed by atoms with Crippen LogP contribution in [-0.2, 0) is 9.59 Å². The summed E-state index contributed by atoms with van der Waals surface area (Å²) in [7, 11) is 0. The zero-order valence-corrected chi connectivity index (χ0v) is 12.5. The summed E-state index contributed by atoms with van der Waals surface area (Å²) in [5, 5.41) is 2.72. The fourth-order valence-corrected chi connectivity index (χ4v) is 2.14.